The van der Waals surface area contributed by atoms with Gasteiger partial charge in [-0.25, -0.2) is 0 Å². The maximum absolute atomic E-state index is 12.5. The van der Waals surface area contributed by atoms with Crippen LogP contribution in [-0.4, -0.2) is 16.0 Å². The number of hydrogen-bond donors (Lipinski definition) is 1. The van der Waals surface area contributed by atoms with E-state index in [1.165, 1.54) is 12.1 Å². The highest BCUT2D eigenvalue weighted by molar-refractivity contribution is 6.04. The molecule has 0 atom stereocenters. The average molecular weight is 347 g/mol. The molecule has 1 amide bonds. The molecular formula is C17H12F3N3O2. The minimum atomic E-state index is -4.42. The first-order valence-corrected chi connectivity index (χ1v) is 7.22. The number of hydrogen-bond acceptors (Lipinski definition) is 4. The van der Waals surface area contributed by atoms with Crippen molar-refractivity contribution in [1.82, 2.24) is 10.1 Å². The Morgan fingerprint density at radius 2 is 1.84 bits per heavy atom. The normalized spacial score (nSPS) is 11.4. The van der Waals surface area contributed by atoms with E-state index in [4.69, 9.17) is 4.52 Å². The van der Waals surface area contributed by atoms with Crippen LogP contribution in [0.3, 0.4) is 0 Å². The van der Waals surface area contributed by atoms with Crippen molar-refractivity contribution in [2.75, 3.05) is 5.32 Å². The van der Waals surface area contributed by atoms with E-state index in [-0.39, 0.29) is 5.69 Å². The van der Waals surface area contributed by atoms with Gasteiger partial charge in [0.2, 0.25) is 11.7 Å². The predicted molar refractivity (Wildman–Crippen MR) is 83.9 cm³/mol. The fraction of sp³-hybridized carbons (Fsp3) is 0.118. The highest BCUT2D eigenvalue weighted by atomic mass is 19.4. The van der Waals surface area contributed by atoms with Crippen molar-refractivity contribution in [1.29, 1.82) is 0 Å². The Kier molecular flexibility index (Phi) is 4.26. The standard InChI is InChI=1S/C17H12F3N3O2/c1-10-21-15(23-25-10)11-3-2-4-12(9-11)16(24)22-14-7-5-13(6-8-14)17(18,19)20/h2-9H,1H3,(H,22,24). The van der Waals surface area contributed by atoms with Gasteiger partial charge >= 0.3 is 6.18 Å². The second-order valence-electron chi connectivity index (χ2n) is 5.25. The minimum absolute atomic E-state index is 0.263. The van der Waals surface area contributed by atoms with Gasteiger partial charge < -0.3 is 9.84 Å². The second-order valence-corrected chi connectivity index (χ2v) is 5.25. The third-order valence-electron chi connectivity index (χ3n) is 3.38. The van der Waals surface area contributed by atoms with E-state index in [2.05, 4.69) is 15.5 Å². The van der Waals surface area contributed by atoms with Crippen LogP contribution in [0.15, 0.2) is 53.1 Å². The molecule has 0 fully saturated rings. The van der Waals surface area contributed by atoms with Crippen molar-refractivity contribution in [3.05, 3.63) is 65.5 Å². The third kappa shape index (κ3) is 3.85. The summed E-state index contributed by atoms with van der Waals surface area (Å²) in [6.45, 7) is 1.65. The van der Waals surface area contributed by atoms with Crippen LogP contribution in [0.4, 0.5) is 18.9 Å². The lowest BCUT2D eigenvalue weighted by Gasteiger charge is -2.09. The smallest absolute Gasteiger partial charge is 0.339 e. The first-order chi connectivity index (χ1) is 11.8. The maximum atomic E-state index is 12.5. The zero-order valence-corrected chi connectivity index (χ0v) is 13.0. The van der Waals surface area contributed by atoms with Crippen LogP contribution in [0.5, 0.6) is 0 Å². The van der Waals surface area contributed by atoms with Gasteiger partial charge in [0.25, 0.3) is 5.91 Å². The molecule has 1 N–H and O–H groups in total. The lowest BCUT2D eigenvalue weighted by Crippen LogP contribution is -2.12. The lowest BCUT2D eigenvalue weighted by molar-refractivity contribution is -0.137. The molecule has 0 unspecified atom stereocenters. The van der Waals surface area contributed by atoms with Gasteiger partial charge in [-0.05, 0) is 36.4 Å². The Balaban J connectivity index is 1.77. The molecule has 128 valence electrons. The summed E-state index contributed by atoms with van der Waals surface area (Å²) in [7, 11) is 0. The van der Waals surface area contributed by atoms with Crippen molar-refractivity contribution in [3.63, 3.8) is 0 Å². The van der Waals surface area contributed by atoms with Crippen LogP contribution in [0.2, 0.25) is 0 Å². The summed E-state index contributed by atoms with van der Waals surface area (Å²) in [6, 6.07) is 10.8. The molecule has 5 nitrogen and oxygen atoms in total. The number of anilines is 1. The minimum Gasteiger partial charge on any atom is -0.339 e. The summed E-state index contributed by atoms with van der Waals surface area (Å²) in [4.78, 5) is 16.4. The Morgan fingerprint density at radius 3 is 2.44 bits per heavy atom. The van der Waals surface area contributed by atoms with Crippen LogP contribution < -0.4 is 5.32 Å². The van der Waals surface area contributed by atoms with Crippen molar-refractivity contribution < 1.29 is 22.5 Å². The first-order valence-electron chi connectivity index (χ1n) is 7.22. The molecule has 8 heteroatoms. The number of nitrogens with zero attached hydrogens (tertiary/aromatic N) is 2. The Hall–Kier alpha value is -3.16. The number of benzene rings is 2. The maximum Gasteiger partial charge on any atom is 0.416 e. The molecule has 0 aliphatic rings. The fourth-order valence-electron chi connectivity index (χ4n) is 2.16. The van der Waals surface area contributed by atoms with E-state index in [0.717, 1.165) is 12.1 Å². The number of amides is 1. The van der Waals surface area contributed by atoms with Gasteiger partial charge in [-0.3, -0.25) is 4.79 Å². The van der Waals surface area contributed by atoms with Crippen LogP contribution in [0.1, 0.15) is 21.8 Å². The van der Waals surface area contributed by atoms with Crippen molar-refractivity contribution in [3.8, 4) is 11.4 Å². The number of aryl methyl sites for hydroxylation is 1. The number of nitrogens with one attached hydrogen (secondary N) is 1. The van der Waals surface area contributed by atoms with Crippen molar-refractivity contribution >= 4 is 11.6 Å². The van der Waals surface area contributed by atoms with Crippen LogP contribution >= 0.6 is 0 Å². The average Bonchev–Trinajstić information content (AvgIpc) is 3.01. The van der Waals surface area contributed by atoms with Gasteiger partial charge in [0.05, 0.1) is 5.56 Å². The fourth-order valence-corrected chi connectivity index (χ4v) is 2.16. The van der Waals surface area contributed by atoms with E-state index in [1.807, 2.05) is 0 Å². The summed E-state index contributed by atoms with van der Waals surface area (Å²) in [5.74, 6) is 0.290. The number of alkyl halides is 3. The zero-order chi connectivity index (χ0) is 18.0. The number of halogens is 3. The highest BCUT2D eigenvalue weighted by Gasteiger charge is 2.30. The largest absolute Gasteiger partial charge is 0.416 e. The Labute approximate surface area is 140 Å². The molecule has 3 rings (SSSR count). The summed E-state index contributed by atoms with van der Waals surface area (Å²) in [5.41, 5.74) is 0.399. The zero-order valence-electron chi connectivity index (χ0n) is 13.0. The first kappa shape index (κ1) is 16.7. The van der Waals surface area contributed by atoms with Crippen molar-refractivity contribution in [2.45, 2.75) is 13.1 Å². The molecule has 0 aliphatic carbocycles. The van der Waals surface area contributed by atoms with Gasteiger partial charge in [0, 0.05) is 23.7 Å². The van der Waals surface area contributed by atoms with Gasteiger partial charge in [-0.1, -0.05) is 17.3 Å². The summed E-state index contributed by atoms with van der Waals surface area (Å²) in [5, 5.41) is 6.33. The van der Waals surface area contributed by atoms with Crippen LogP contribution in [0.25, 0.3) is 11.4 Å². The molecule has 3 aromatic rings. The number of carbonyl (C=O) groups excluding carboxylic acids is 1. The van der Waals surface area contributed by atoms with Gasteiger partial charge in [0.1, 0.15) is 0 Å². The molecule has 1 aromatic heterocycles. The molecule has 0 bridgehead atoms. The SMILES string of the molecule is Cc1nc(-c2cccc(C(=O)Nc3ccc(C(F)(F)F)cc3)c2)no1. The third-order valence-corrected chi connectivity index (χ3v) is 3.38. The van der Waals surface area contributed by atoms with Gasteiger partial charge in [-0.15, -0.1) is 0 Å². The number of aromatic nitrogens is 2. The topological polar surface area (TPSA) is 68.0 Å². The molecular weight excluding hydrogens is 335 g/mol. The Bertz CT molecular complexity index is 902. The van der Waals surface area contributed by atoms with Crippen LogP contribution in [-0.2, 0) is 6.18 Å². The molecule has 1 heterocycles. The van der Waals surface area contributed by atoms with E-state index in [1.54, 1.807) is 31.2 Å². The second kappa shape index (κ2) is 6.39. The molecule has 2 aromatic carbocycles. The predicted octanol–water partition coefficient (Wildman–Crippen LogP) is 4.32. The highest BCUT2D eigenvalue weighted by Crippen LogP contribution is 2.30. The molecule has 0 radical (unpaired) electrons. The molecule has 0 spiro atoms. The summed E-state index contributed by atoms with van der Waals surface area (Å²) in [6.07, 6.45) is -4.42. The molecule has 25 heavy (non-hydrogen) atoms. The van der Waals surface area contributed by atoms with E-state index < -0.39 is 17.6 Å². The van der Waals surface area contributed by atoms with Gasteiger partial charge in [-0.2, -0.15) is 18.2 Å². The van der Waals surface area contributed by atoms with Gasteiger partial charge in [0.15, 0.2) is 0 Å². The van der Waals surface area contributed by atoms with E-state index in [9.17, 15) is 18.0 Å². The molecule has 0 saturated heterocycles. The van der Waals surface area contributed by atoms with E-state index in [0.29, 0.717) is 22.8 Å². The lowest BCUT2D eigenvalue weighted by atomic mass is 10.1. The number of rotatable bonds is 3. The van der Waals surface area contributed by atoms with Crippen LogP contribution in [0, 0.1) is 6.92 Å². The Morgan fingerprint density at radius 1 is 1.12 bits per heavy atom. The van der Waals surface area contributed by atoms with E-state index >= 15 is 0 Å². The summed E-state index contributed by atoms with van der Waals surface area (Å²) < 4.78 is 42.5. The quantitative estimate of drug-likeness (QED) is 0.766. The molecule has 0 aliphatic heterocycles. The monoisotopic (exact) mass is 347 g/mol. The molecule has 0 saturated carbocycles. The van der Waals surface area contributed by atoms with Crippen molar-refractivity contribution in [2.24, 2.45) is 0 Å². The summed E-state index contributed by atoms with van der Waals surface area (Å²) >= 11 is 0. The number of carbonyl (C=O) groups is 1.